The number of nitrogens with one attached hydrogen (secondary N) is 1. The molecule has 0 aliphatic heterocycles. The number of ether oxygens (including phenoxy) is 1. The SMILES string of the molecule is Cn1nccc1CCNC(=O)CCOc1cccc(N)c1. The quantitative estimate of drug-likeness (QED) is 0.748. The van der Waals surface area contributed by atoms with Crippen molar-refractivity contribution in [1.29, 1.82) is 0 Å². The summed E-state index contributed by atoms with van der Waals surface area (Å²) in [7, 11) is 1.89. The van der Waals surface area contributed by atoms with E-state index >= 15 is 0 Å². The van der Waals surface area contributed by atoms with E-state index in [2.05, 4.69) is 10.4 Å². The van der Waals surface area contributed by atoms with E-state index in [9.17, 15) is 4.79 Å². The molecule has 0 aliphatic rings. The first-order valence-corrected chi connectivity index (χ1v) is 6.87. The van der Waals surface area contributed by atoms with E-state index < -0.39 is 0 Å². The number of rotatable bonds is 7. The first-order chi connectivity index (χ1) is 10.1. The molecule has 0 saturated carbocycles. The standard InChI is InChI=1S/C15H20N4O2/c1-19-13(6-9-18-19)5-8-17-15(20)7-10-21-14-4-2-3-12(16)11-14/h2-4,6,9,11H,5,7-8,10,16H2,1H3,(H,17,20). The van der Waals surface area contributed by atoms with Gasteiger partial charge < -0.3 is 15.8 Å². The molecule has 0 unspecified atom stereocenters. The summed E-state index contributed by atoms with van der Waals surface area (Å²) >= 11 is 0. The number of aryl methyl sites for hydroxylation is 1. The van der Waals surface area contributed by atoms with Gasteiger partial charge in [-0.3, -0.25) is 9.48 Å². The third-order valence-corrected chi connectivity index (χ3v) is 3.08. The number of nitrogens with two attached hydrogens (primary N) is 1. The van der Waals surface area contributed by atoms with E-state index in [1.54, 1.807) is 23.0 Å². The van der Waals surface area contributed by atoms with Crippen LogP contribution >= 0.6 is 0 Å². The van der Waals surface area contributed by atoms with Crippen LogP contribution < -0.4 is 15.8 Å². The summed E-state index contributed by atoms with van der Waals surface area (Å²) in [6, 6.07) is 9.10. The van der Waals surface area contributed by atoms with Crippen LogP contribution in [0.5, 0.6) is 5.75 Å². The summed E-state index contributed by atoms with van der Waals surface area (Å²) < 4.78 is 7.27. The van der Waals surface area contributed by atoms with Gasteiger partial charge in [0.1, 0.15) is 5.75 Å². The Morgan fingerprint density at radius 1 is 1.43 bits per heavy atom. The largest absolute Gasteiger partial charge is 0.493 e. The summed E-state index contributed by atoms with van der Waals surface area (Å²) in [5, 5.41) is 6.94. The highest BCUT2D eigenvalue weighted by Crippen LogP contribution is 2.14. The molecule has 1 heterocycles. The van der Waals surface area contributed by atoms with Crippen molar-refractivity contribution in [3.63, 3.8) is 0 Å². The van der Waals surface area contributed by atoms with E-state index in [0.717, 1.165) is 12.1 Å². The van der Waals surface area contributed by atoms with Crippen molar-refractivity contribution >= 4 is 11.6 Å². The lowest BCUT2D eigenvalue weighted by Gasteiger charge is -2.08. The zero-order valence-corrected chi connectivity index (χ0v) is 12.1. The second kappa shape index (κ2) is 7.33. The number of hydrogen-bond donors (Lipinski definition) is 2. The van der Waals surface area contributed by atoms with E-state index in [4.69, 9.17) is 10.5 Å². The zero-order valence-electron chi connectivity index (χ0n) is 12.1. The summed E-state index contributed by atoms with van der Waals surface area (Å²) in [4.78, 5) is 11.7. The Kier molecular flexibility index (Phi) is 5.20. The molecule has 0 radical (unpaired) electrons. The Hall–Kier alpha value is -2.50. The first-order valence-electron chi connectivity index (χ1n) is 6.87. The minimum Gasteiger partial charge on any atom is -0.493 e. The molecule has 0 saturated heterocycles. The van der Waals surface area contributed by atoms with Gasteiger partial charge in [0.2, 0.25) is 5.91 Å². The third kappa shape index (κ3) is 4.83. The Morgan fingerprint density at radius 3 is 3.00 bits per heavy atom. The number of amides is 1. The number of carbonyl (C=O) groups excluding carboxylic acids is 1. The van der Waals surface area contributed by atoms with Gasteiger partial charge in [-0.05, 0) is 18.2 Å². The minimum absolute atomic E-state index is 0.0268. The van der Waals surface area contributed by atoms with Crippen LogP contribution in [-0.4, -0.2) is 28.8 Å². The summed E-state index contributed by atoms with van der Waals surface area (Å²) in [5.41, 5.74) is 7.38. The smallest absolute Gasteiger partial charge is 0.223 e. The van der Waals surface area contributed by atoms with Crippen LogP contribution in [0, 0.1) is 0 Å². The number of nitrogens with zero attached hydrogens (tertiary/aromatic N) is 2. The summed E-state index contributed by atoms with van der Waals surface area (Å²) in [5.74, 6) is 0.652. The molecular weight excluding hydrogens is 268 g/mol. The fourth-order valence-electron chi connectivity index (χ4n) is 1.93. The van der Waals surface area contributed by atoms with Crippen LogP contribution in [0.1, 0.15) is 12.1 Å². The molecule has 2 aromatic rings. The number of hydrogen-bond acceptors (Lipinski definition) is 4. The topological polar surface area (TPSA) is 82.2 Å². The highest BCUT2D eigenvalue weighted by atomic mass is 16.5. The predicted molar refractivity (Wildman–Crippen MR) is 80.9 cm³/mol. The van der Waals surface area contributed by atoms with Crippen LogP contribution in [0.3, 0.4) is 0 Å². The lowest BCUT2D eigenvalue weighted by Crippen LogP contribution is -2.27. The predicted octanol–water partition coefficient (Wildman–Crippen LogP) is 1.13. The monoisotopic (exact) mass is 288 g/mol. The Morgan fingerprint density at radius 2 is 2.29 bits per heavy atom. The van der Waals surface area contributed by atoms with Gasteiger partial charge in [0.15, 0.2) is 0 Å². The molecule has 0 fully saturated rings. The van der Waals surface area contributed by atoms with Gasteiger partial charge in [-0.1, -0.05) is 6.07 Å². The fourth-order valence-corrected chi connectivity index (χ4v) is 1.93. The second-order valence-electron chi connectivity index (χ2n) is 4.72. The molecule has 2 rings (SSSR count). The maximum atomic E-state index is 11.7. The molecule has 21 heavy (non-hydrogen) atoms. The van der Waals surface area contributed by atoms with Gasteiger partial charge >= 0.3 is 0 Å². The molecule has 0 spiro atoms. The Labute approximate surface area is 123 Å². The van der Waals surface area contributed by atoms with Crippen molar-refractivity contribution in [1.82, 2.24) is 15.1 Å². The first kappa shape index (κ1) is 14.9. The van der Waals surface area contributed by atoms with Crippen LogP contribution in [0.2, 0.25) is 0 Å². The maximum Gasteiger partial charge on any atom is 0.223 e. The minimum atomic E-state index is -0.0268. The van der Waals surface area contributed by atoms with E-state index in [-0.39, 0.29) is 5.91 Å². The number of carbonyl (C=O) groups is 1. The lowest BCUT2D eigenvalue weighted by molar-refractivity contribution is -0.121. The fraction of sp³-hybridized carbons (Fsp3) is 0.333. The molecule has 1 aromatic heterocycles. The normalized spacial score (nSPS) is 10.3. The number of aromatic nitrogens is 2. The van der Waals surface area contributed by atoms with Crippen LogP contribution in [-0.2, 0) is 18.3 Å². The summed E-state index contributed by atoms with van der Waals surface area (Å²) in [6.07, 6.45) is 2.83. The average Bonchev–Trinajstić information content (AvgIpc) is 2.85. The van der Waals surface area contributed by atoms with Crippen LogP contribution in [0.15, 0.2) is 36.5 Å². The molecule has 1 aromatic carbocycles. The van der Waals surface area contributed by atoms with Crippen molar-refractivity contribution in [2.24, 2.45) is 7.05 Å². The Bertz CT molecular complexity index is 595. The zero-order chi connectivity index (χ0) is 15.1. The highest BCUT2D eigenvalue weighted by molar-refractivity contribution is 5.75. The van der Waals surface area contributed by atoms with Crippen molar-refractivity contribution < 1.29 is 9.53 Å². The summed E-state index contributed by atoms with van der Waals surface area (Å²) in [6.45, 7) is 0.928. The van der Waals surface area contributed by atoms with Crippen molar-refractivity contribution in [2.75, 3.05) is 18.9 Å². The number of anilines is 1. The molecule has 0 aliphatic carbocycles. The van der Waals surface area contributed by atoms with Crippen LogP contribution in [0.4, 0.5) is 5.69 Å². The molecule has 112 valence electrons. The van der Waals surface area contributed by atoms with Crippen molar-refractivity contribution in [3.8, 4) is 5.75 Å². The Balaban J connectivity index is 1.63. The lowest BCUT2D eigenvalue weighted by atomic mass is 10.3. The van der Waals surface area contributed by atoms with Gasteiger partial charge in [0.05, 0.1) is 13.0 Å². The third-order valence-electron chi connectivity index (χ3n) is 3.08. The molecule has 1 amide bonds. The average molecular weight is 288 g/mol. The molecule has 6 heteroatoms. The second-order valence-corrected chi connectivity index (χ2v) is 4.72. The molecule has 3 N–H and O–H groups in total. The van der Waals surface area contributed by atoms with E-state index in [1.807, 2.05) is 25.2 Å². The van der Waals surface area contributed by atoms with E-state index in [1.165, 1.54) is 0 Å². The van der Waals surface area contributed by atoms with Crippen molar-refractivity contribution in [3.05, 3.63) is 42.2 Å². The van der Waals surface area contributed by atoms with Gasteiger partial charge in [-0.15, -0.1) is 0 Å². The molecule has 6 nitrogen and oxygen atoms in total. The van der Waals surface area contributed by atoms with Crippen LogP contribution in [0.25, 0.3) is 0 Å². The highest BCUT2D eigenvalue weighted by Gasteiger charge is 2.03. The molecular formula is C15H20N4O2. The van der Waals surface area contributed by atoms with Gasteiger partial charge in [-0.25, -0.2) is 0 Å². The van der Waals surface area contributed by atoms with Gasteiger partial charge in [0.25, 0.3) is 0 Å². The van der Waals surface area contributed by atoms with Gasteiger partial charge in [0, 0.05) is 43.7 Å². The molecule has 0 bridgehead atoms. The molecule has 0 atom stereocenters. The van der Waals surface area contributed by atoms with E-state index in [0.29, 0.717) is 31.0 Å². The van der Waals surface area contributed by atoms with Gasteiger partial charge in [-0.2, -0.15) is 5.10 Å². The van der Waals surface area contributed by atoms with Crippen molar-refractivity contribution in [2.45, 2.75) is 12.8 Å². The maximum absolute atomic E-state index is 11.7. The number of benzene rings is 1. The number of nitrogen functional groups attached to an aromatic ring is 1.